The predicted molar refractivity (Wildman–Crippen MR) is 81.6 cm³/mol. The van der Waals surface area contributed by atoms with Gasteiger partial charge in [0.2, 0.25) is 0 Å². The van der Waals surface area contributed by atoms with Crippen LogP contribution in [0.1, 0.15) is 10.4 Å². The first-order chi connectivity index (χ1) is 11.1. The summed E-state index contributed by atoms with van der Waals surface area (Å²) in [6.45, 7) is 0. The minimum absolute atomic E-state index is 0.0887. The maximum Gasteiger partial charge on any atom is 0.261 e. The molecule has 4 rings (SSSR count). The van der Waals surface area contributed by atoms with Crippen molar-refractivity contribution in [3.05, 3.63) is 54.4 Å². The minimum Gasteiger partial charge on any atom is -0.319 e. The van der Waals surface area contributed by atoms with E-state index in [-0.39, 0.29) is 11.3 Å². The van der Waals surface area contributed by atoms with E-state index in [1.54, 1.807) is 42.5 Å². The molecule has 8 heteroatoms. The molecule has 3 aromatic heterocycles. The molecule has 0 radical (unpaired) electrons. The van der Waals surface area contributed by atoms with Crippen molar-refractivity contribution in [2.75, 3.05) is 5.32 Å². The van der Waals surface area contributed by atoms with Crippen LogP contribution < -0.4 is 5.32 Å². The van der Waals surface area contributed by atoms with Crippen LogP contribution in [0, 0.1) is 5.82 Å². The fourth-order valence-electron chi connectivity index (χ4n) is 2.44. The Bertz CT molecular complexity index is 1050. The number of aromatic nitrogens is 5. The Morgan fingerprint density at radius 3 is 3.09 bits per heavy atom. The number of nitrogens with zero attached hydrogens (tertiary/aromatic N) is 5. The molecule has 0 atom stereocenters. The number of fused-ring (bicyclic) bond motifs is 2. The van der Waals surface area contributed by atoms with Gasteiger partial charge in [-0.15, -0.1) is 0 Å². The topological polar surface area (TPSA) is 77.1 Å². The lowest BCUT2D eigenvalue weighted by molar-refractivity contribution is 0.102. The minimum atomic E-state index is -0.547. The molecule has 3 heterocycles. The molecule has 1 amide bonds. The van der Waals surface area contributed by atoms with E-state index in [4.69, 9.17) is 0 Å². The van der Waals surface area contributed by atoms with Gasteiger partial charge in [0.15, 0.2) is 5.65 Å². The third kappa shape index (κ3) is 2.20. The summed E-state index contributed by atoms with van der Waals surface area (Å²) < 4.78 is 17.2. The molecule has 0 bridgehead atoms. The highest BCUT2D eigenvalue weighted by Crippen LogP contribution is 2.22. The lowest BCUT2D eigenvalue weighted by Crippen LogP contribution is -2.13. The van der Waals surface area contributed by atoms with E-state index in [2.05, 4.69) is 20.5 Å². The number of hydrogen-bond acceptors (Lipinski definition) is 4. The average molecular weight is 310 g/mol. The Hall–Kier alpha value is -3.29. The molecule has 0 spiro atoms. The molecular weight excluding hydrogens is 299 g/mol. The van der Waals surface area contributed by atoms with Gasteiger partial charge in [-0.1, -0.05) is 0 Å². The number of rotatable bonds is 2. The highest BCUT2D eigenvalue weighted by atomic mass is 19.1. The van der Waals surface area contributed by atoms with Crippen LogP contribution in [0.5, 0.6) is 0 Å². The maximum absolute atomic E-state index is 14.1. The number of benzene rings is 1. The summed E-state index contributed by atoms with van der Waals surface area (Å²) in [6.07, 6.45) is 6.40. The number of hydrogen-bond donors (Lipinski definition) is 1. The summed E-state index contributed by atoms with van der Waals surface area (Å²) in [7, 11) is 1.75. The van der Waals surface area contributed by atoms with Crippen LogP contribution in [0.4, 0.5) is 10.1 Å². The molecule has 1 N–H and O–H groups in total. The number of carbonyl (C=O) groups is 1. The van der Waals surface area contributed by atoms with Crippen molar-refractivity contribution >= 4 is 28.1 Å². The van der Waals surface area contributed by atoms with E-state index >= 15 is 0 Å². The van der Waals surface area contributed by atoms with E-state index in [0.29, 0.717) is 11.2 Å². The summed E-state index contributed by atoms with van der Waals surface area (Å²) >= 11 is 0. The molecule has 7 nitrogen and oxygen atoms in total. The molecule has 1 aromatic carbocycles. The lowest BCUT2D eigenvalue weighted by atomic mass is 10.2. The largest absolute Gasteiger partial charge is 0.319 e. The Balaban J connectivity index is 1.72. The molecule has 0 unspecified atom stereocenters. The van der Waals surface area contributed by atoms with Crippen molar-refractivity contribution < 1.29 is 9.18 Å². The van der Waals surface area contributed by atoms with Gasteiger partial charge in [-0.3, -0.25) is 9.48 Å². The van der Waals surface area contributed by atoms with Gasteiger partial charge in [0.1, 0.15) is 11.4 Å². The molecule has 0 saturated heterocycles. The molecule has 0 aliphatic carbocycles. The molecule has 23 heavy (non-hydrogen) atoms. The Labute approximate surface area is 129 Å². The monoisotopic (exact) mass is 310 g/mol. The molecular formula is C15H11FN6O. The van der Waals surface area contributed by atoms with Crippen LogP contribution in [-0.4, -0.2) is 30.3 Å². The normalized spacial score (nSPS) is 11.2. The van der Waals surface area contributed by atoms with Crippen LogP contribution in [0.3, 0.4) is 0 Å². The quantitative estimate of drug-likeness (QED) is 0.614. The van der Waals surface area contributed by atoms with Crippen molar-refractivity contribution in [1.82, 2.24) is 24.4 Å². The summed E-state index contributed by atoms with van der Waals surface area (Å²) in [5.41, 5.74) is 1.30. The van der Waals surface area contributed by atoms with Crippen LogP contribution in [0.25, 0.3) is 16.6 Å². The number of carbonyl (C=O) groups excluding carboxylic acids is 1. The van der Waals surface area contributed by atoms with E-state index < -0.39 is 11.7 Å². The summed E-state index contributed by atoms with van der Waals surface area (Å²) in [5.74, 6) is -1.02. The molecule has 0 aliphatic rings. The van der Waals surface area contributed by atoms with Gasteiger partial charge in [-0.05, 0) is 12.1 Å². The Morgan fingerprint density at radius 1 is 1.35 bits per heavy atom. The van der Waals surface area contributed by atoms with Gasteiger partial charge >= 0.3 is 0 Å². The Morgan fingerprint density at radius 2 is 2.22 bits per heavy atom. The zero-order chi connectivity index (χ0) is 16.0. The fraction of sp³-hybridized carbons (Fsp3) is 0.0667. The van der Waals surface area contributed by atoms with Crippen LogP contribution >= 0.6 is 0 Å². The number of nitrogens with one attached hydrogen (secondary N) is 1. The number of anilines is 1. The predicted octanol–water partition coefficient (Wildman–Crippen LogP) is 2.01. The average Bonchev–Trinajstić information content (AvgIpc) is 3.10. The summed E-state index contributed by atoms with van der Waals surface area (Å²) in [4.78, 5) is 16.5. The smallest absolute Gasteiger partial charge is 0.261 e. The van der Waals surface area contributed by atoms with Crippen molar-refractivity contribution in [2.24, 2.45) is 7.05 Å². The number of amides is 1. The molecule has 4 aromatic rings. The second-order valence-electron chi connectivity index (χ2n) is 5.09. The number of aryl methyl sites for hydroxylation is 1. The first-order valence-corrected chi connectivity index (χ1v) is 6.84. The van der Waals surface area contributed by atoms with Gasteiger partial charge in [-0.25, -0.2) is 13.9 Å². The van der Waals surface area contributed by atoms with Crippen LogP contribution in [-0.2, 0) is 7.05 Å². The van der Waals surface area contributed by atoms with Gasteiger partial charge in [-0.2, -0.15) is 10.2 Å². The highest BCUT2D eigenvalue weighted by Gasteiger charge is 2.16. The van der Waals surface area contributed by atoms with Gasteiger partial charge in [0, 0.05) is 37.1 Å². The first-order valence-electron chi connectivity index (χ1n) is 6.84. The first kappa shape index (κ1) is 13.4. The second-order valence-corrected chi connectivity index (χ2v) is 5.09. The SMILES string of the molecule is Cn1cc2cc(NC(=O)c3cnn4cccnc34)c(F)cc2n1. The van der Waals surface area contributed by atoms with E-state index in [1.807, 2.05) is 0 Å². The van der Waals surface area contributed by atoms with Crippen LogP contribution in [0.2, 0.25) is 0 Å². The summed E-state index contributed by atoms with van der Waals surface area (Å²) in [5, 5.41) is 11.5. The van der Waals surface area contributed by atoms with Gasteiger partial charge in [0.25, 0.3) is 5.91 Å². The molecule has 0 saturated carbocycles. The van der Waals surface area contributed by atoms with E-state index in [9.17, 15) is 9.18 Å². The van der Waals surface area contributed by atoms with E-state index in [1.165, 1.54) is 16.8 Å². The zero-order valence-electron chi connectivity index (χ0n) is 12.1. The molecule has 114 valence electrons. The highest BCUT2D eigenvalue weighted by molar-refractivity contribution is 6.08. The van der Waals surface area contributed by atoms with Crippen molar-refractivity contribution in [2.45, 2.75) is 0 Å². The van der Waals surface area contributed by atoms with Gasteiger partial charge < -0.3 is 5.32 Å². The molecule has 0 aliphatic heterocycles. The standard InChI is InChI=1S/C15H11FN6O/c1-21-8-9-5-13(11(16)6-12(9)20-21)19-15(23)10-7-18-22-4-2-3-17-14(10)22/h2-8H,1H3,(H,19,23). The molecule has 0 fully saturated rings. The fourth-order valence-corrected chi connectivity index (χ4v) is 2.44. The van der Waals surface area contributed by atoms with Crippen LogP contribution in [0.15, 0.2) is 43.0 Å². The Kier molecular flexibility index (Phi) is 2.83. The number of halogens is 1. The van der Waals surface area contributed by atoms with E-state index in [0.717, 1.165) is 5.39 Å². The zero-order valence-corrected chi connectivity index (χ0v) is 12.1. The maximum atomic E-state index is 14.1. The van der Waals surface area contributed by atoms with Crippen molar-refractivity contribution in [3.8, 4) is 0 Å². The lowest BCUT2D eigenvalue weighted by Gasteiger charge is -2.05. The third-order valence-corrected chi connectivity index (χ3v) is 3.48. The third-order valence-electron chi connectivity index (χ3n) is 3.48. The summed E-state index contributed by atoms with van der Waals surface area (Å²) in [6, 6.07) is 4.55. The van der Waals surface area contributed by atoms with Crippen molar-refractivity contribution in [3.63, 3.8) is 0 Å². The second kappa shape index (κ2) is 4.87. The van der Waals surface area contributed by atoms with Crippen molar-refractivity contribution in [1.29, 1.82) is 0 Å². The van der Waals surface area contributed by atoms with Gasteiger partial charge in [0.05, 0.1) is 17.4 Å².